The molecule has 2 saturated heterocycles. The lowest BCUT2D eigenvalue weighted by Crippen LogP contribution is -2.54. The Hall–Kier alpha value is -0.870. The van der Waals surface area contributed by atoms with Crippen LogP contribution in [0.4, 0.5) is 0 Å². The second kappa shape index (κ2) is 4.42. The Bertz CT molecular complexity index is 390. The van der Waals surface area contributed by atoms with Crippen molar-refractivity contribution in [3.8, 4) is 0 Å². The van der Waals surface area contributed by atoms with Crippen LogP contribution in [-0.2, 0) is 6.54 Å². The molecule has 2 aliphatic rings. The molecule has 1 aromatic heterocycles. The van der Waals surface area contributed by atoms with Gasteiger partial charge in [0.2, 0.25) is 0 Å². The Morgan fingerprint density at radius 1 is 1.47 bits per heavy atom. The number of nitrogens with zero attached hydrogens (tertiary/aromatic N) is 3. The Balaban J connectivity index is 1.66. The maximum atomic E-state index is 5.32. The second-order valence-electron chi connectivity index (χ2n) is 5.50. The first kappa shape index (κ1) is 11.2. The lowest BCUT2D eigenvalue weighted by molar-refractivity contribution is 0.0480. The van der Waals surface area contributed by atoms with Crippen LogP contribution in [0.25, 0.3) is 0 Å². The largest absolute Gasteiger partial charge is 0.360 e. The van der Waals surface area contributed by atoms with Gasteiger partial charge in [0.05, 0.1) is 12.2 Å². The van der Waals surface area contributed by atoms with Gasteiger partial charge in [0.1, 0.15) is 0 Å². The molecule has 17 heavy (non-hydrogen) atoms. The number of hydrogen-bond acceptors (Lipinski definition) is 4. The zero-order chi connectivity index (χ0) is 11.8. The van der Waals surface area contributed by atoms with Crippen molar-refractivity contribution >= 4 is 0 Å². The number of hydrogen-bond donors (Lipinski definition) is 0. The van der Waals surface area contributed by atoms with E-state index >= 15 is 0 Å². The first-order valence-electron chi connectivity index (χ1n) is 6.62. The predicted octanol–water partition coefficient (Wildman–Crippen LogP) is 1.65. The monoisotopic (exact) mass is 235 g/mol. The van der Waals surface area contributed by atoms with Gasteiger partial charge in [-0.2, -0.15) is 0 Å². The van der Waals surface area contributed by atoms with E-state index in [0.29, 0.717) is 6.04 Å². The Kier molecular flexibility index (Phi) is 2.92. The van der Waals surface area contributed by atoms with Gasteiger partial charge in [-0.3, -0.25) is 9.80 Å². The highest BCUT2D eigenvalue weighted by molar-refractivity contribution is 5.04. The van der Waals surface area contributed by atoms with Crippen LogP contribution in [0.15, 0.2) is 10.6 Å². The first-order valence-corrected chi connectivity index (χ1v) is 6.62. The third-order valence-corrected chi connectivity index (χ3v) is 4.10. The Labute approximate surface area is 103 Å². The van der Waals surface area contributed by atoms with Gasteiger partial charge in [-0.25, -0.2) is 0 Å². The van der Waals surface area contributed by atoms with Crippen LogP contribution >= 0.6 is 0 Å². The highest BCUT2D eigenvalue weighted by Gasteiger charge is 2.34. The molecule has 0 saturated carbocycles. The molecule has 0 bridgehead atoms. The predicted molar refractivity (Wildman–Crippen MR) is 65.7 cm³/mol. The van der Waals surface area contributed by atoms with Crippen LogP contribution in [0, 0.1) is 6.92 Å². The van der Waals surface area contributed by atoms with Gasteiger partial charge in [-0.05, 0) is 33.2 Å². The van der Waals surface area contributed by atoms with Gasteiger partial charge in [0.15, 0.2) is 5.76 Å². The van der Waals surface area contributed by atoms with Crippen LogP contribution < -0.4 is 0 Å². The maximum Gasteiger partial charge on any atom is 0.150 e. The van der Waals surface area contributed by atoms with Crippen molar-refractivity contribution in [1.29, 1.82) is 0 Å². The summed E-state index contributed by atoms with van der Waals surface area (Å²) in [6.45, 7) is 8.89. The van der Waals surface area contributed by atoms with Crippen molar-refractivity contribution in [3.63, 3.8) is 0 Å². The van der Waals surface area contributed by atoms with E-state index in [0.717, 1.165) is 24.0 Å². The summed E-state index contributed by atoms with van der Waals surface area (Å²) in [5.74, 6) is 1.00. The summed E-state index contributed by atoms with van der Waals surface area (Å²) in [6.07, 6.45) is 2.73. The van der Waals surface area contributed by atoms with E-state index in [9.17, 15) is 0 Å². The molecule has 2 unspecified atom stereocenters. The molecule has 0 spiro atoms. The normalized spacial score (nSPS) is 30.7. The van der Waals surface area contributed by atoms with Gasteiger partial charge in [0.25, 0.3) is 0 Å². The smallest absolute Gasteiger partial charge is 0.150 e. The van der Waals surface area contributed by atoms with E-state index in [1.165, 1.54) is 32.5 Å². The fourth-order valence-electron chi connectivity index (χ4n) is 3.16. The number of fused-ring (bicyclic) bond motifs is 1. The van der Waals surface area contributed by atoms with Crippen molar-refractivity contribution < 1.29 is 4.52 Å². The molecular formula is C13H21N3O. The van der Waals surface area contributed by atoms with E-state index in [-0.39, 0.29) is 0 Å². The second-order valence-corrected chi connectivity index (χ2v) is 5.50. The summed E-state index contributed by atoms with van der Waals surface area (Å²) in [5, 5.41) is 3.96. The van der Waals surface area contributed by atoms with Crippen LogP contribution in [0.2, 0.25) is 0 Å². The minimum Gasteiger partial charge on any atom is -0.360 e. The van der Waals surface area contributed by atoms with Gasteiger partial charge < -0.3 is 4.52 Å². The first-order chi connectivity index (χ1) is 8.22. The zero-order valence-corrected chi connectivity index (χ0v) is 10.7. The summed E-state index contributed by atoms with van der Waals surface area (Å²) >= 11 is 0. The summed E-state index contributed by atoms with van der Waals surface area (Å²) in [6, 6.07) is 3.44. The fourth-order valence-corrected chi connectivity index (χ4v) is 3.16. The molecule has 1 aromatic rings. The fraction of sp³-hybridized carbons (Fsp3) is 0.769. The third-order valence-electron chi connectivity index (χ3n) is 4.10. The molecule has 4 heteroatoms. The lowest BCUT2D eigenvalue weighted by atomic mass is 10.1. The molecule has 4 nitrogen and oxygen atoms in total. The van der Waals surface area contributed by atoms with E-state index in [2.05, 4.69) is 21.9 Å². The average molecular weight is 235 g/mol. The molecule has 3 heterocycles. The molecule has 3 rings (SSSR count). The topological polar surface area (TPSA) is 32.5 Å². The van der Waals surface area contributed by atoms with E-state index in [1.54, 1.807) is 0 Å². The number of aromatic nitrogens is 1. The minimum absolute atomic E-state index is 0.620. The van der Waals surface area contributed by atoms with E-state index in [1.807, 2.05) is 13.0 Å². The van der Waals surface area contributed by atoms with Gasteiger partial charge in [-0.15, -0.1) is 0 Å². The highest BCUT2D eigenvalue weighted by Crippen LogP contribution is 2.25. The summed E-state index contributed by atoms with van der Waals surface area (Å²) in [7, 11) is 0. The standard InChI is InChI=1S/C13H21N3O/c1-10-6-13(17-14-10)9-16-8-12-4-3-5-15(12)7-11(16)2/h6,11-12H,3-5,7-9H2,1-2H3. The van der Waals surface area contributed by atoms with Gasteiger partial charge >= 0.3 is 0 Å². The van der Waals surface area contributed by atoms with E-state index < -0.39 is 0 Å². The lowest BCUT2D eigenvalue weighted by Gasteiger charge is -2.41. The average Bonchev–Trinajstić information content (AvgIpc) is 2.88. The van der Waals surface area contributed by atoms with Crippen molar-refractivity contribution in [1.82, 2.24) is 15.0 Å². The summed E-state index contributed by atoms with van der Waals surface area (Å²) in [4.78, 5) is 5.18. The number of rotatable bonds is 2. The molecule has 2 atom stereocenters. The van der Waals surface area contributed by atoms with Crippen molar-refractivity contribution in [2.45, 2.75) is 45.3 Å². The third kappa shape index (κ3) is 2.24. The van der Waals surface area contributed by atoms with Crippen LogP contribution in [-0.4, -0.2) is 46.7 Å². The van der Waals surface area contributed by atoms with Crippen molar-refractivity contribution in [2.24, 2.45) is 0 Å². The molecule has 94 valence electrons. The van der Waals surface area contributed by atoms with Crippen LogP contribution in [0.5, 0.6) is 0 Å². The van der Waals surface area contributed by atoms with E-state index in [4.69, 9.17) is 4.52 Å². The van der Waals surface area contributed by atoms with Crippen LogP contribution in [0.1, 0.15) is 31.2 Å². The molecule has 0 N–H and O–H groups in total. The molecule has 0 amide bonds. The van der Waals surface area contributed by atoms with Crippen molar-refractivity contribution in [3.05, 3.63) is 17.5 Å². The Morgan fingerprint density at radius 2 is 2.35 bits per heavy atom. The molecule has 0 aromatic carbocycles. The van der Waals surface area contributed by atoms with Gasteiger partial charge in [0, 0.05) is 31.2 Å². The quantitative estimate of drug-likeness (QED) is 0.780. The SMILES string of the molecule is Cc1cc(CN2CC3CCCN3CC2C)on1. The zero-order valence-electron chi connectivity index (χ0n) is 10.7. The highest BCUT2D eigenvalue weighted by atomic mass is 16.5. The molecule has 0 aliphatic carbocycles. The Morgan fingerprint density at radius 3 is 3.12 bits per heavy atom. The summed E-state index contributed by atoms with van der Waals surface area (Å²) < 4.78 is 5.32. The molecule has 0 radical (unpaired) electrons. The summed E-state index contributed by atoms with van der Waals surface area (Å²) in [5.41, 5.74) is 0.979. The van der Waals surface area contributed by atoms with Gasteiger partial charge in [-0.1, -0.05) is 5.16 Å². The maximum absolute atomic E-state index is 5.32. The van der Waals surface area contributed by atoms with Crippen LogP contribution in [0.3, 0.4) is 0 Å². The molecule has 2 fully saturated rings. The van der Waals surface area contributed by atoms with Crippen molar-refractivity contribution in [2.75, 3.05) is 19.6 Å². The number of aryl methyl sites for hydroxylation is 1. The minimum atomic E-state index is 0.620. The number of piperazine rings is 1. The molecule has 2 aliphatic heterocycles. The molecular weight excluding hydrogens is 214 g/mol.